The lowest BCUT2D eigenvalue weighted by atomic mass is 9.41. The number of hydrogen-bond acceptors (Lipinski definition) is 1. The van der Waals surface area contributed by atoms with E-state index >= 15 is 0 Å². The van der Waals surface area contributed by atoms with E-state index in [0.29, 0.717) is 35.3 Å². The molecule has 1 atom stereocenters. The standard InChI is InChI=1S/C30H50O/c1-15-21-22-16-23(17(2)3)30(19(6)7,20(8)9)29(13,14)25(22)27(31)26(28(10,11)12)24(21)18(4)5/h15,17-20,23,31H,1,16H2,2-14H3. The van der Waals surface area contributed by atoms with Crippen molar-refractivity contribution in [2.24, 2.45) is 29.1 Å². The highest BCUT2D eigenvalue weighted by Crippen LogP contribution is 2.65. The molecule has 0 heterocycles. The molecule has 1 aromatic rings. The molecule has 0 radical (unpaired) electrons. The minimum atomic E-state index is -0.158. The summed E-state index contributed by atoms with van der Waals surface area (Å²) in [5, 5.41) is 12.0. The molecule has 0 aromatic heterocycles. The highest BCUT2D eigenvalue weighted by atomic mass is 16.3. The van der Waals surface area contributed by atoms with E-state index in [4.69, 9.17) is 0 Å². The molecule has 1 aliphatic carbocycles. The van der Waals surface area contributed by atoms with Gasteiger partial charge in [-0.15, -0.1) is 0 Å². The quantitative estimate of drug-likeness (QED) is 0.498. The third-order valence-electron chi connectivity index (χ3n) is 8.65. The minimum absolute atomic E-state index is 0.0958. The van der Waals surface area contributed by atoms with Gasteiger partial charge in [-0.25, -0.2) is 0 Å². The second-order valence-electron chi connectivity index (χ2n) is 12.9. The molecule has 176 valence electrons. The first-order valence-corrected chi connectivity index (χ1v) is 12.5. The first kappa shape index (κ1) is 26.0. The first-order valence-electron chi connectivity index (χ1n) is 12.5. The minimum Gasteiger partial charge on any atom is -0.507 e. The summed E-state index contributed by atoms with van der Waals surface area (Å²) < 4.78 is 0. The molecule has 1 nitrogen and oxygen atoms in total. The van der Waals surface area contributed by atoms with Crippen molar-refractivity contribution in [3.63, 3.8) is 0 Å². The van der Waals surface area contributed by atoms with Crippen molar-refractivity contribution in [1.82, 2.24) is 0 Å². The molecule has 1 aromatic carbocycles. The summed E-state index contributed by atoms with van der Waals surface area (Å²) in [6.07, 6.45) is 3.10. The predicted octanol–water partition coefficient (Wildman–Crippen LogP) is 8.86. The summed E-state index contributed by atoms with van der Waals surface area (Å²) in [6.45, 7) is 34.7. The normalized spacial score (nSPS) is 20.6. The van der Waals surface area contributed by atoms with E-state index in [2.05, 4.69) is 103 Å². The van der Waals surface area contributed by atoms with Crippen molar-refractivity contribution in [2.75, 3.05) is 0 Å². The fourth-order valence-corrected chi connectivity index (χ4v) is 8.13. The van der Waals surface area contributed by atoms with Crippen LogP contribution in [0.25, 0.3) is 6.08 Å². The van der Waals surface area contributed by atoms with Gasteiger partial charge in [-0.1, -0.05) is 103 Å². The van der Waals surface area contributed by atoms with Gasteiger partial charge in [0.15, 0.2) is 0 Å². The highest BCUT2D eigenvalue weighted by molar-refractivity contribution is 5.70. The zero-order valence-electron chi connectivity index (χ0n) is 22.8. The Morgan fingerprint density at radius 3 is 1.77 bits per heavy atom. The van der Waals surface area contributed by atoms with Gasteiger partial charge in [-0.2, -0.15) is 0 Å². The van der Waals surface area contributed by atoms with Gasteiger partial charge < -0.3 is 5.11 Å². The average Bonchev–Trinajstić information content (AvgIpc) is 2.57. The molecule has 0 aliphatic heterocycles. The van der Waals surface area contributed by atoms with E-state index in [0.717, 1.165) is 12.0 Å². The number of rotatable bonds is 5. The highest BCUT2D eigenvalue weighted by Gasteiger charge is 2.60. The zero-order chi connectivity index (χ0) is 24.3. The van der Waals surface area contributed by atoms with E-state index < -0.39 is 0 Å². The topological polar surface area (TPSA) is 20.2 Å². The fraction of sp³-hybridized carbons (Fsp3) is 0.733. The predicted molar refractivity (Wildman–Crippen MR) is 138 cm³/mol. The van der Waals surface area contributed by atoms with Gasteiger partial charge in [0.25, 0.3) is 0 Å². The van der Waals surface area contributed by atoms with Crippen LogP contribution in [0.15, 0.2) is 6.58 Å². The molecule has 1 aliphatic rings. The van der Waals surface area contributed by atoms with Crippen LogP contribution < -0.4 is 0 Å². The van der Waals surface area contributed by atoms with Crippen molar-refractivity contribution < 1.29 is 5.11 Å². The average molecular weight is 427 g/mol. The second-order valence-corrected chi connectivity index (χ2v) is 12.9. The Morgan fingerprint density at radius 1 is 0.968 bits per heavy atom. The van der Waals surface area contributed by atoms with Crippen molar-refractivity contribution in [3.05, 3.63) is 34.4 Å². The number of aromatic hydroxyl groups is 1. The molecule has 1 N–H and O–H groups in total. The summed E-state index contributed by atoms with van der Waals surface area (Å²) in [6, 6.07) is 0. The van der Waals surface area contributed by atoms with Crippen LogP contribution in [0, 0.1) is 29.1 Å². The van der Waals surface area contributed by atoms with Gasteiger partial charge in [0.05, 0.1) is 0 Å². The number of benzene rings is 1. The van der Waals surface area contributed by atoms with Crippen LogP contribution in [0.3, 0.4) is 0 Å². The molecule has 0 spiro atoms. The van der Waals surface area contributed by atoms with Crippen molar-refractivity contribution in [1.29, 1.82) is 0 Å². The van der Waals surface area contributed by atoms with Crippen LogP contribution in [0.2, 0.25) is 0 Å². The molecule has 0 amide bonds. The first-order chi connectivity index (χ1) is 14.0. The number of phenols is 1. The van der Waals surface area contributed by atoms with E-state index in [1.54, 1.807) is 0 Å². The third-order valence-corrected chi connectivity index (χ3v) is 8.65. The molecule has 1 heteroatoms. The van der Waals surface area contributed by atoms with Gasteiger partial charge in [0.1, 0.15) is 5.75 Å². The summed E-state index contributed by atoms with van der Waals surface area (Å²) in [5.41, 5.74) is 6.04. The Bertz CT molecular complexity index is 819. The van der Waals surface area contributed by atoms with Crippen LogP contribution in [0.5, 0.6) is 5.75 Å². The number of hydrogen-bond donors (Lipinski definition) is 1. The maximum Gasteiger partial charge on any atom is 0.123 e. The summed E-state index contributed by atoms with van der Waals surface area (Å²) in [5.74, 6) is 3.03. The second kappa shape index (κ2) is 8.27. The van der Waals surface area contributed by atoms with Gasteiger partial charge in [-0.05, 0) is 63.5 Å². The lowest BCUT2D eigenvalue weighted by molar-refractivity contribution is -0.0718. The molecular formula is C30H50O. The largest absolute Gasteiger partial charge is 0.507 e. The zero-order valence-corrected chi connectivity index (χ0v) is 22.8. The van der Waals surface area contributed by atoms with Crippen molar-refractivity contribution in [2.45, 2.75) is 113 Å². The molecule has 0 saturated heterocycles. The van der Waals surface area contributed by atoms with E-state index in [1.165, 1.54) is 22.3 Å². The Labute approximate surface area is 193 Å². The van der Waals surface area contributed by atoms with Crippen LogP contribution in [-0.2, 0) is 17.3 Å². The molecule has 0 saturated carbocycles. The Balaban J connectivity index is 3.18. The summed E-state index contributed by atoms with van der Waals surface area (Å²) in [4.78, 5) is 0. The Kier molecular flexibility index (Phi) is 6.94. The third kappa shape index (κ3) is 3.59. The van der Waals surface area contributed by atoms with E-state index in [1.807, 2.05) is 0 Å². The SMILES string of the molecule is C=Cc1c2c(c(O)c(C(C)(C)C)c1C(C)C)C(C)(C)C(C(C)C)(C(C)C)C(C(C)C)C2. The Morgan fingerprint density at radius 2 is 1.45 bits per heavy atom. The maximum absolute atomic E-state index is 12.0. The molecular weight excluding hydrogens is 376 g/mol. The lowest BCUT2D eigenvalue weighted by Gasteiger charge is -2.62. The molecule has 2 rings (SSSR count). The van der Waals surface area contributed by atoms with Crippen LogP contribution >= 0.6 is 0 Å². The van der Waals surface area contributed by atoms with Gasteiger partial charge in [0.2, 0.25) is 0 Å². The van der Waals surface area contributed by atoms with Gasteiger partial charge in [-0.3, -0.25) is 0 Å². The maximum atomic E-state index is 12.0. The summed E-state index contributed by atoms with van der Waals surface area (Å²) >= 11 is 0. The molecule has 0 fully saturated rings. The fourth-order valence-electron chi connectivity index (χ4n) is 8.13. The van der Waals surface area contributed by atoms with Crippen LogP contribution in [-0.4, -0.2) is 5.11 Å². The smallest absolute Gasteiger partial charge is 0.123 e. The number of phenolic OH excluding ortho intramolecular Hbond substituents is 1. The van der Waals surface area contributed by atoms with Gasteiger partial charge >= 0.3 is 0 Å². The monoisotopic (exact) mass is 426 g/mol. The van der Waals surface area contributed by atoms with E-state index in [-0.39, 0.29) is 16.2 Å². The lowest BCUT2D eigenvalue weighted by Crippen LogP contribution is -2.59. The van der Waals surface area contributed by atoms with E-state index in [9.17, 15) is 5.11 Å². The molecule has 1 unspecified atom stereocenters. The Hall–Kier alpha value is -1.24. The van der Waals surface area contributed by atoms with Crippen molar-refractivity contribution >= 4 is 6.08 Å². The van der Waals surface area contributed by atoms with Crippen LogP contribution in [0.1, 0.15) is 124 Å². The van der Waals surface area contributed by atoms with Gasteiger partial charge in [0, 0.05) is 16.5 Å². The summed E-state index contributed by atoms with van der Waals surface area (Å²) in [7, 11) is 0. The molecule has 0 bridgehead atoms. The van der Waals surface area contributed by atoms with Crippen LogP contribution in [0.4, 0.5) is 0 Å². The number of fused-ring (bicyclic) bond motifs is 1. The molecule has 31 heavy (non-hydrogen) atoms. The van der Waals surface area contributed by atoms with Crippen molar-refractivity contribution in [3.8, 4) is 5.75 Å².